The highest BCUT2D eigenvalue weighted by Crippen LogP contribution is 2.30. The first-order valence-corrected chi connectivity index (χ1v) is 8.49. The molecule has 4 nitrogen and oxygen atoms in total. The summed E-state index contributed by atoms with van der Waals surface area (Å²) in [5.74, 6) is 0.652. The molecule has 0 aliphatic carbocycles. The summed E-state index contributed by atoms with van der Waals surface area (Å²) in [6.07, 6.45) is 0. The SMILES string of the molecule is Cc1ccccc1Nc1nnc(SCC(=O)C(C)(C)C)s1. The zero-order valence-electron chi connectivity index (χ0n) is 12.6. The average Bonchev–Trinajstić information content (AvgIpc) is 2.85. The number of carbonyl (C=O) groups excluding carboxylic acids is 1. The van der Waals surface area contributed by atoms with Crippen molar-refractivity contribution < 1.29 is 4.79 Å². The first-order valence-electron chi connectivity index (χ1n) is 6.68. The van der Waals surface area contributed by atoms with Gasteiger partial charge in [0, 0.05) is 11.1 Å². The molecule has 112 valence electrons. The fraction of sp³-hybridized carbons (Fsp3) is 0.400. The lowest BCUT2D eigenvalue weighted by molar-refractivity contribution is -0.123. The molecule has 0 fully saturated rings. The van der Waals surface area contributed by atoms with Gasteiger partial charge in [-0.1, -0.05) is 62.1 Å². The molecule has 0 atom stereocenters. The Labute approximate surface area is 133 Å². The van der Waals surface area contributed by atoms with E-state index < -0.39 is 0 Å². The number of aryl methyl sites for hydroxylation is 1. The Kier molecular flexibility index (Phi) is 5.00. The standard InChI is InChI=1S/C15H19N3OS2/c1-10-7-5-6-8-11(10)16-13-17-18-14(21-13)20-9-12(19)15(2,3)4/h5-8H,9H2,1-4H3,(H,16,17). The predicted octanol–water partition coefficient (Wildman–Crippen LogP) is 4.30. The van der Waals surface area contributed by atoms with Crippen LogP contribution in [0.25, 0.3) is 0 Å². The Bertz CT molecular complexity index is 632. The molecule has 6 heteroatoms. The van der Waals surface area contributed by atoms with Crippen LogP contribution in [-0.2, 0) is 4.79 Å². The van der Waals surface area contributed by atoms with Gasteiger partial charge in [-0.2, -0.15) is 0 Å². The number of nitrogens with one attached hydrogen (secondary N) is 1. The smallest absolute Gasteiger partial charge is 0.210 e. The van der Waals surface area contributed by atoms with Crippen molar-refractivity contribution in [2.75, 3.05) is 11.1 Å². The summed E-state index contributed by atoms with van der Waals surface area (Å²) in [6.45, 7) is 7.84. The van der Waals surface area contributed by atoms with Gasteiger partial charge in [-0.15, -0.1) is 10.2 Å². The number of thioether (sulfide) groups is 1. The molecule has 0 spiro atoms. The number of carbonyl (C=O) groups is 1. The molecule has 0 aliphatic heterocycles. The number of hydrogen-bond donors (Lipinski definition) is 1. The van der Waals surface area contributed by atoms with Gasteiger partial charge in [-0.05, 0) is 18.6 Å². The van der Waals surface area contributed by atoms with Gasteiger partial charge in [-0.25, -0.2) is 0 Å². The number of aromatic nitrogens is 2. The van der Waals surface area contributed by atoms with Crippen LogP contribution in [0.3, 0.4) is 0 Å². The fourth-order valence-corrected chi connectivity index (χ4v) is 3.42. The van der Waals surface area contributed by atoms with E-state index >= 15 is 0 Å². The Hall–Kier alpha value is -1.40. The molecule has 0 saturated carbocycles. The lowest BCUT2D eigenvalue weighted by Crippen LogP contribution is -2.21. The third-order valence-electron chi connectivity index (χ3n) is 2.96. The van der Waals surface area contributed by atoms with E-state index in [4.69, 9.17) is 0 Å². The van der Waals surface area contributed by atoms with E-state index in [1.54, 1.807) is 0 Å². The molecule has 0 saturated heterocycles. The number of rotatable bonds is 5. The maximum Gasteiger partial charge on any atom is 0.210 e. The molecule has 0 amide bonds. The zero-order valence-corrected chi connectivity index (χ0v) is 14.3. The summed E-state index contributed by atoms with van der Waals surface area (Å²) in [4.78, 5) is 11.9. The van der Waals surface area contributed by atoms with E-state index in [1.165, 1.54) is 23.1 Å². The number of anilines is 2. The molecule has 0 bridgehead atoms. The third kappa shape index (κ3) is 4.54. The van der Waals surface area contributed by atoms with Crippen molar-refractivity contribution in [3.05, 3.63) is 29.8 Å². The number of benzene rings is 1. The second kappa shape index (κ2) is 6.58. The normalized spacial score (nSPS) is 11.4. The predicted molar refractivity (Wildman–Crippen MR) is 89.6 cm³/mol. The van der Waals surface area contributed by atoms with Gasteiger partial charge >= 0.3 is 0 Å². The zero-order chi connectivity index (χ0) is 15.5. The van der Waals surface area contributed by atoms with Gasteiger partial charge in [-0.3, -0.25) is 4.79 Å². The first-order chi connectivity index (χ1) is 9.86. The summed E-state index contributed by atoms with van der Waals surface area (Å²) in [7, 11) is 0. The Morgan fingerprint density at radius 1 is 1.29 bits per heavy atom. The highest BCUT2D eigenvalue weighted by atomic mass is 32.2. The first kappa shape index (κ1) is 16.0. The van der Waals surface area contributed by atoms with E-state index in [2.05, 4.69) is 15.5 Å². The molecule has 1 N–H and O–H groups in total. The van der Waals surface area contributed by atoms with Crippen molar-refractivity contribution in [1.29, 1.82) is 0 Å². The summed E-state index contributed by atoms with van der Waals surface area (Å²) in [6, 6.07) is 8.03. The van der Waals surface area contributed by atoms with Crippen LogP contribution in [0.1, 0.15) is 26.3 Å². The van der Waals surface area contributed by atoms with E-state index in [0.717, 1.165) is 20.7 Å². The van der Waals surface area contributed by atoms with Crippen LogP contribution in [-0.4, -0.2) is 21.7 Å². The maximum atomic E-state index is 11.9. The molecule has 21 heavy (non-hydrogen) atoms. The number of Topliss-reactive ketones (excluding diaryl/α,β-unsaturated/α-hetero) is 1. The van der Waals surface area contributed by atoms with Crippen LogP contribution in [0, 0.1) is 12.3 Å². The third-order valence-corrected chi connectivity index (χ3v) is 4.93. The summed E-state index contributed by atoms with van der Waals surface area (Å²) < 4.78 is 0.809. The molecule has 2 aromatic rings. The van der Waals surface area contributed by atoms with E-state index in [0.29, 0.717) is 5.75 Å². The largest absolute Gasteiger partial charge is 0.330 e. The van der Waals surface area contributed by atoms with Gasteiger partial charge in [0.25, 0.3) is 0 Å². The lowest BCUT2D eigenvalue weighted by Gasteiger charge is -2.15. The topological polar surface area (TPSA) is 54.9 Å². The van der Waals surface area contributed by atoms with Gasteiger partial charge in [0.05, 0.1) is 5.75 Å². The highest BCUT2D eigenvalue weighted by molar-refractivity contribution is 8.01. The highest BCUT2D eigenvalue weighted by Gasteiger charge is 2.21. The van der Waals surface area contributed by atoms with Crippen LogP contribution in [0.2, 0.25) is 0 Å². The van der Waals surface area contributed by atoms with Crippen LogP contribution >= 0.6 is 23.1 Å². The molecule has 0 aliphatic rings. The van der Waals surface area contributed by atoms with Crippen LogP contribution in [0.4, 0.5) is 10.8 Å². The molecular weight excluding hydrogens is 302 g/mol. The van der Waals surface area contributed by atoms with Crippen LogP contribution in [0.15, 0.2) is 28.6 Å². The monoisotopic (exact) mass is 321 g/mol. The molecule has 0 unspecified atom stereocenters. The number of hydrogen-bond acceptors (Lipinski definition) is 6. The van der Waals surface area contributed by atoms with Gasteiger partial charge in [0.1, 0.15) is 5.78 Å². The van der Waals surface area contributed by atoms with Gasteiger partial charge < -0.3 is 5.32 Å². The van der Waals surface area contributed by atoms with E-state index in [9.17, 15) is 4.79 Å². The average molecular weight is 321 g/mol. The van der Waals surface area contributed by atoms with Crippen molar-refractivity contribution in [1.82, 2.24) is 10.2 Å². The molecule has 0 radical (unpaired) electrons. The summed E-state index contributed by atoms with van der Waals surface area (Å²) in [5.41, 5.74) is 1.88. The quantitative estimate of drug-likeness (QED) is 0.832. The minimum atomic E-state index is -0.306. The van der Waals surface area contributed by atoms with E-state index in [1.807, 2.05) is 52.0 Å². The van der Waals surface area contributed by atoms with Crippen molar-refractivity contribution >= 4 is 39.7 Å². The van der Waals surface area contributed by atoms with Gasteiger partial charge in [0.15, 0.2) is 4.34 Å². The van der Waals surface area contributed by atoms with Crippen LogP contribution in [0.5, 0.6) is 0 Å². The number of para-hydroxylation sites is 1. The molecule has 1 aromatic carbocycles. The molecule has 1 heterocycles. The minimum Gasteiger partial charge on any atom is -0.330 e. The van der Waals surface area contributed by atoms with Crippen molar-refractivity contribution in [2.45, 2.75) is 32.0 Å². The summed E-state index contributed by atoms with van der Waals surface area (Å²) in [5, 5.41) is 12.2. The lowest BCUT2D eigenvalue weighted by atomic mass is 9.92. The second-order valence-electron chi connectivity index (χ2n) is 5.77. The summed E-state index contributed by atoms with van der Waals surface area (Å²) >= 11 is 2.91. The second-order valence-corrected chi connectivity index (χ2v) is 7.97. The maximum absolute atomic E-state index is 11.9. The minimum absolute atomic E-state index is 0.219. The fourth-order valence-electron chi connectivity index (χ4n) is 1.49. The van der Waals surface area contributed by atoms with Crippen molar-refractivity contribution in [2.24, 2.45) is 5.41 Å². The van der Waals surface area contributed by atoms with Gasteiger partial charge in [0.2, 0.25) is 5.13 Å². The molecular formula is C15H19N3OS2. The number of ketones is 1. The Morgan fingerprint density at radius 2 is 2.00 bits per heavy atom. The van der Waals surface area contributed by atoms with Crippen LogP contribution < -0.4 is 5.32 Å². The Balaban J connectivity index is 1.96. The molecule has 1 aromatic heterocycles. The molecule has 2 rings (SSSR count). The van der Waals surface area contributed by atoms with Crippen molar-refractivity contribution in [3.63, 3.8) is 0 Å². The Morgan fingerprint density at radius 3 is 2.67 bits per heavy atom. The van der Waals surface area contributed by atoms with E-state index in [-0.39, 0.29) is 11.2 Å². The number of nitrogens with zero attached hydrogens (tertiary/aromatic N) is 2. The van der Waals surface area contributed by atoms with Crippen molar-refractivity contribution in [3.8, 4) is 0 Å².